The van der Waals surface area contributed by atoms with E-state index in [0.29, 0.717) is 5.92 Å². The zero-order valence-corrected chi connectivity index (χ0v) is 16.8. The number of carbonyl (C=O) groups is 1. The fourth-order valence-corrected chi connectivity index (χ4v) is 4.98. The molecule has 1 aromatic carbocycles. The van der Waals surface area contributed by atoms with Gasteiger partial charge in [0.2, 0.25) is 11.1 Å². The monoisotopic (exact) mass is 384 g/mol. The van der Waals surface area contributed by atoms with Crippen LogP contribution in [0, 0.1) is 0 Å². The highest BCUT2D eigenvalue weighted by Gasteiger charge is 2.27. The van der Waals surface area contributed by atoms with Crippen LogP contribution in [-0.2, 0) is 4.79 Å². The summed E-state index contributed by atoms with van der Waals surface area (Å²) in [6.07, 6.45) is 8.44. The second-order valence-corrected chi connectivity index (χ2v) is 8.94. The largest absolute Gasteiger partial charge is 0.342 e. The Balaban J connectivity index is 1.57. The first-order valence-electron chi connectivity index (χ1n) is 10.2. The quantitative estimate of drug-likeness (QED) is 0.716. The minimum atomic E-state index is -0.145. The van der Waals surface area contributed by atoms with E-state index in [9.17, 15) is 4.79 Å². The van der Waals surface area contributed by atoms with E-state index in [-0.39, 0.29) is 11.2 Å². The molecule has 1 saturated carbocycles. The van der Waals surface area contributed by atoms with Crippen LogP contribution in [0.2, 0.25) is 0 Å². The van der Waals surface area contributed by atoms with Gasteiger partial charge in [-0.1, -0.05) is 49.2 Å². The van der Waals surface area contributed by atoms with Gasteiger partial charge in [0, 0.05) is 19.0 Å². The van der Waals surface area contributed by atoms with Gasteiger partial charge in [0.05, 0.1) is 10.9 Å². The summed E-state index contributed by atoms with van der Waals surface area (Å²) in [4.78, 5) is 19.5. The van der Waals surface area contributed by atoms with Gasteiger partial charge in [-0.05, 0) is 44.7 Å². The molecule has 2 fully saturated rings. The van der Waals surface area contributed by atoms with E-state index in [1.807, 2.05) is 34.7 Å². The minimum absolute atomic E-state index is 0.145. The molecule has 5 nitrogen and oxygen atoms in total. The maximum atomic E-state index is 12.7. The molecule has 1 aliphatic heterocycles. The standard InChI is InChI=1S/C21H28N4OS/c1-16(20(26)24-14-8-9-15-24)27-21-22-19(17-10-4-2-5-11-17)25(23-21)18-12-6-3-7-13-18/h3,6-7,12-13,16-17H,2,4-5,8-11,14-15H2,1H3/t16-/m1/s1. The van der Waals surface area contributed by atoms with Gasteiger partial charge in [-0.3, -0.25) is 4.79 Å². The average molecular weight is 385 g/mol. The van der Waals surface area contributed by atoms with E-state index in [4.69, 9.17) is 10.1 Å². The number of likely N-dealkylation sites (tertiary alicyclic amines) is 1. The molecule has 1 aliphatic carbocycles. The van der Waals surface area contributed by atoms with E-state index in [1.54, 1.807) is 0 Å². The first-order chi connectivity index (χ1) is 13.2. The number of thioether (sulfide) groups is 1. The third-order valence-electron chi connectivity index (χ3n) is 5.63. The molecule has 2 aromatic rings. The van der Waals surface area contributed by atoms with E-state index in [0.717, 1.165) is 42.6 Å². The molecule has 2 aliphatic rings. The Morgan fingerprint density at radius 1 is 1.07 bits per heavy atom. The van der Waals surface area contributed by atoms with Crippen LogP contribution >= 0.6 is 11.8 Å². The lowest BCUT2D eigenvalue weighted by Crippen LogP contribution is -2.34. The predicted octanol–water partition coefficient (Wildman–Crippen LogP) is 4.42. The highest BCUT2D eigenvalue weighted by molar-refractivity contribution is 8.00. The van der Waals surface area contributed by atoms with Gasteiger partial charge < -0.3 is 4.90 Å². The van der Waals surface area contributed by atoms with Crippen LogP contribution in [-0.4, -0.2) is 43.9 Å². The number of hydrogen-bond donors (Lipinski definition) is 0. The molecule has 1 atom stereocenters. The summed E-state index contributed by atoms with van der Waals surface area (Å²) in [5.41, 5.74) is 1.05. The Kier molecular flexibility index (Phi) is 5.81. The molecule has 2 heterocycles. The van der Waals surface area contributed by atoms with E-state index in [1.165, 1.54) is 43.9 Å². The normalized spacial score (nSPS) is 19.4. The van der Waals surface area contributed by atoms with Crippen molar-refractivity contribution >= 4 is 17.7 Å². The van der Waals surface area contributed by atoms with Gasteiger partial charge in [0.1, 0.15) is 5.82 Å². The molecule has 27 heavy (non-hydrogen) atoms. The third-order valence-corrected chi connectivity index (χ3v) is 6.57. The van der Waals surface area contributed by atoms with Crippen molar-refractivity contribution in [3.8, 4) is 5.69 Å². The van der Waals surface area contributed by atoms with Gasteiger partial charge in [-0.25, -0.2) is 9.67 Å². The third kappa shape index (κ3) is 4.21. The Morgan fingerprint density at radius 2 is 1.78 bits per heavy atom. The van der Waals surface area contributed by atoms with Crippen LogP contribution in [0.15, 0.2) is 35.5 Å². The number of hydrogen-bond acceptors (Lipinski definition) is 4. The summed E-state index contributed by atoms with van der Waals surface area (Å²) in [5, 5.41) is 5.38. The molecule has 1 amide bonds. The summed E-state index contributed by atoms with van der Waals surface area (Å²) in [6.45, 7) is 3.76. The molecule has 1 saturated heterocycles. The first-order valence-corrected chi connectivity index (χ1v) is 11.1. The van der Waals surface area contributed by atoms with Crippen LogP contribution in [0.5, 0.6) is 0 Å². The summed E-state index contributed by atoms with van der Waals surface area (Å²) in [5.74, 6) is 1.74. The number of benzene rings is 1. The van der Waals surface area contributed by atoms with Crippen LogP contribution in [0.4, 0.5) is 0 Å². The molecule has 144 valence electrons. The van der Waals surface area contributed by atoms with Crippen molar-refractivity contribution in [1.82, 2.24) is 19.7 Å². The molecule has 6 heteroatoms. The second-order valence-electron chi connectivity index (χ2n) is 7.63. The Labute approximate surface area is 165 Å². The lowest BCUT2D eigenvalue weighted by atomic mass is 9.88. The zero-order valence-electron chi connectivity index (χ0n) is 16.0. The van der Waals surface area contributed by atoms with Crippen molar-refractivity contribution in [3.63, 3.8) is 0 Å². The zero-order chi connectivity index (χ0) is 18.6. The number of amides is 1. The van der Waals surface area contributed by atoms with Crippen LogP contribution < -0.4 is 0 Å². The Hall–Kier alpha value is -1.82. The van der Waals surface area contributed by atoms with Gasteiger partial charge >= 0.3 is 0 Å². The first kappa shape index (κ1) is 18.5. The van der Waals surface area contributed by atoms with Crippen molar-refractivity contribution < 1.29 is 4.79 Å². The second kappa shape index (κ2) is 8.46. The van der Waals surface area contributed by atoms with Crippen molar-refractivity contribution in [1.29, 1.82) is 0 Å². The lowest BCUT2D eigenvalue weighted by Gasteiger charge is -2.21. The molecule has 4 rings (SSSR count). The minimum Gasteiger partial charge on any atom is -0.342 e. The summed E-state index contributed by atoms with van der Waals surface area (Å²) in [7, 11) is 0. The molecule has 0 spiro atoms. The highest BCUT2D eigenvalue weighted by Crippen LogP contribution is 2.34. The Bertz CT molecular complexity index is 764. The summed E-state index contributed by atoms with van der Waals surface area (Å²) in [6, 6.07) is 10.2. The van der Waals surface area contributed by atoms with Crippen LogP contribution in [0.25, 0.3) is 5.69 Å². The van der Waals surface area contributed by atoms with Crippen LogP contribution in [0.3, 0.4) is 0 Å². The van der Waals surface area contributed by atoms with E-state index in [2.05, 4.69) is 12.1 Å². The number of aromatic nitrogens is 3. The molecular weight excluding hydrogens is 356 g/mol. The smallest absolute Gasteiger partial charge is 0.235 e. The molecule has 0 unspecified atom stereocenters. The maximum Gasteiger partial charge on any atom is 0.235 e. The molecule has 0 N–H and O–H groups in total. The van der Waals surface area contributed by atoms with Crippen molar-refractivity contribution in [3.05, 3.63) is 36.2 Å². The molecular formula is C21H28N4OS. The topological polar surface area (TPSA) is 51.0 Å². The fraction of sp³-hybridized carbons (Fsp3) is 0.571. The van der Waals surface area contributed by atoms with Crippen molar-refractivity contribution in [2.45, 2.75) is 68.2 Å². The van der Waals surface area contributed by atoms with E-state index >= 15 is 0 Å². The molecule has 0 bridgehead atoms. The van der Waals surface area contributed by atoms with Crippen LogP contribution in [0.1, 0.15) is 63.6 Å². The molecule has 1 aromatic heterocycles. The van der Waals surface area contributed by atoms with Crippen molar-refractivity contribution in [2.75, 3.05) is 13.1 Å². The number of rotatable bonds is 5. The van der Waals surface area contributed by atoms with Crippen molar-refractivity contribution in [2.24, 2.45) is 0 Å². The Morgan fingerprint density at radius 3 is 2.48 bits per heavy atom. The van der Waals surface area contributed by atoms with Gasteiger partial charge in [0.25, 0.3) is 0 Å². The van der Waals surface area contributed by atoms with Gasteiger partial charge in [-0.15, -0.1) is 5.10 Å². The predicted molar refractivity (Wildman–Crippen MR) is 108 cm³/mol. The van der Waals surface area contributed by atoms with E-state index < -0.39 is 0 Å². The fourth-order valence-electron chi connectivity index (χ4n) is 4.14. The van der Waals surface area contributed by atoms with Gasteiger partial charge in [0.15, 0.2) is 0 Å². The SMILES string of the molecule is C[C@@H](Sc1nc(C2CCCCC2)n(-c2ccccc2)n1)C(=O)N1CCCC1. The number of para-hydroxylation sites is 1. The summed E-state index contributed by atoms with van der Waals surface area (Å²) >= 11 is 1.50. The number of carbonyl (C=O) groups excluding carboxylic acids is 1. The number of nitrogens with zero attached hydrogens (tertiary/aromatic N) is 4. The maximum absolute atomic E-state index is 12.7. The lowest BCUT2D eigenvalue weighted by molar-refractivity contribution is -0.129. The summed E-state index contributed by atoms with van der Waals surface area (Å²) < 4.78 is 2.01. The average Bonchev–Trinajstić information content (AvgIpc) is 3.39. The highest BCUT2D eigenvalue weighted by atomic mass is 32.2. The van der Waals surface area contributed by atoms with Gasteiger partial charge in [-0.2, -0.15) is 0 Å². The molecule has 0 radical (unpaired) electrons.